The van der Waals surface area contributed by atoms with Crippen LogP contribution < -0.4 is 24.8 Å². The Balaban J connectivity index is 1.73. The highest BCUT2D eigenvalue weighted by Crippen LogP contribution is 2.40. The van der Waals surface area contributed by atoms with E-state index in [0.717, 1.165) is 50.1 Å². The first-order valence-electron chi connectivity index (χ1n) is 12.2. The van der Waals surface area contributed by atoms with Crippen LogP contribution in [0.3, 0.4) is 0 Å². The molecule has 0 aliphatic carbocycles. The zero-order valence-corrected chi connectivity index (χ0v) is 22.1. The molecule has 0 saturated heterocycles. The van der Waals surface area contributed by atoms with Crippen LogP contribution in [0.25, 0.3) is 21.8 Å². The van der Waals surface area contributed by atoms with Gasteiger partial charge >= 0.3 is 6.09 Å². The van der Waals surface area contributed by atoms with Crippen molar-refractivity contribution in [1.29, 1.82) is 0 Å². The maximum atomic E-state index is 11.8. The minimum atomic E-state index is -0.408. The highest BCUT2D eigenvalue weighted by molar-refractivity contribution is 6.10. The van der Waals surface area contributed by atoms with E-state index in [9.17, 15) is 4.79 Å². The molecule has 8 heteroatoms. The van der Waals surface area contributed by atoms with Gasteiger partial charge in [-0.2, -0.15) is 0 Å². The lowest BCUT2D eigenvalue weighted by atomic mass is 10.0. The summed E-state index contributed by atoms with van der Waals surface area (Å²) in [6.07, 6.45) is 0.189. The number of amides is 1. The molecule has 2 N–H and O–H groups in total. The Morgan fingerprint density at radius 2 is 1.54 bits per heavy atom. The molecule has 0 fully saturated rings. The second kappa shape index (κ2) is 11.2. The molecule has 0 saturated carbocycles. The summed E-state index contributed by atoms with van der Waals surface area (Å²) in [4.78, 5) is 16.7. The first-order valence-corrected chi connectivity index (χ1v) is 12.2. The van der Waals surface area contributed by atoms with Crippen molar-refractivity contribution in [2.75, 3.05) is 33.3 Å². The highest BCUT2D eigenvalue weighted by atomic mass is 16.5. The SMILES string of the molecule is COc1cc2nc3cc(OC)c(OC)cc3c(Nc3cccc(CCOC(=O)NC(C)C)c3)c2cc1C. The Morgan fingerprint density at radius 1 is 0.892 bits per heavy atom. The Hall–Kier alpha value is -4.20. The summed E-state index contributed by atoms with van der Waals surface area (Å²) in [6.45, 7) is 6.09. The van der Waals surface area contributed by atoms with Gasteiger partial charge in [0.25, 0.3) is 0 Å². The molecule has 194 valence electrons. The van der Waals surface area contributed by atoms with Crippen molar-refractivity contribution in [2.45, 2.75) is 33.2 Å². The van der Waals surface area contributed by atoms with Gasteiger partial charge in [-0.1, -0.05) is 12.1 Å². The number of hydrogen-bond acceptors (Lipinski definition) is 7. The van der Waals surface area contributed by atoms with E-state index in [4.69, 9.17) is 23.9 Å². The molecule has 4 rings (SSSR count). The number of pyridine rings is 1. The van der Waals surface area contributed by atoms with Crippen LogP contribution in [0.1, 0.15) is 25.0 Å². The zero-order valence-electron chi connectivity index (χ0n) is 22.1. The molecule has 0 aliphatic rings. The Morgan fingerprint density at radius 3 is 2.22 bits per heavy atom. The number of benzene rings is 3. The number of methoxy groups -OCH3 is 3. The van der Waals surface area contributed by atoms with Gasteiger partial charge in [0.15, 0.2) is 11.5 Å². The molecule has 3 aromatic carbocycles. The van der Waals surface area contributed by atoms with Crippen LogP contribution in [-0.2, 0) is 11.2 Å². The largest absolute Gasteiger partial charge is 0.496 e. The standard InChI is InChI=1S/C29H33N3O5/c1-17(2)30-29(33)37-11-10-19-8-7-9-20(13-19)31-28-21-12-18(3)25(34-4)15-23(21)32-24-16-27(36-6)26(35-5)14-22(24)28/h7-9,12-17H,10-11H2,1-6H3,(H,30,33)(H,31,32). The summed E-state index contributed by atoms with van der Waals surface area (Å²) >= 11 is 0. The van der Waals surface area contributed by atoms with Gasteiger partial charge in [-0.05, 0) is 56.2 Å². The predicted molar refractivity (Wildman–Crippen MR) is 147 cm³/mol. The third kappa shape index (κ3) is 5.80. The molecule has 0 spiro atoms. The molecule has 0 bridgehead atoms. The van der Waals surface area contributed by atoms with Crippen molar-refractivity contribution >= 4 is 39.3 Å². The lowest BCUT2D eigenvalue weighted by molar-refractivity contribution is 0.145. The number of ether oxygens (including phenoxy) is 4. The smallest absolute Gasteiger partial charge is 0.407 e. The van der Waals surface area contributed by atoms with Crippen molar-refractivity contribution in [3.63, 3.8) is 0 Å². The van der Waals surface area contributed by atoms with Gasteiger partial charge < -0.3 is 29.6 Å². The highest BCUT2D eigenvalue weighted by Gasteiger charge is 2.16. The van der Waals surface area contributed by atoms with Gasteiger partial charge in [0.2, 0.25) is 0 Å². The summed E-state index contributed by atoms with van der Waals surface area (Å²) < 4.78 is 21.9. The minimum absolute atomic E-state index is 0.0345. The average Bonchev–Trinajstić information content (AvgIpc) is 2.87. The van der Waals surface area contributed by atoms with Crippen molar-refractivity contribution in [1.82, 2.24) is 10.3 Å². The molecule has 0 radical (unpaired) electrons. The maximum Gasteiger partial charge on any atom is 0.407 e. The van der Waals surface area contributed by atoms with Crippen molar-refractivity contribution in [2.24, 2.45) is 0 Å². The van der Waals surface area contributed by atoms with E-state index < -0.39 is 6.09 Å². The molecule has 37 heavy (non-hydrogen) atoms. The first kappa shape index (κ1) is 25.9. The molecular formula is C29H33N3O5. The van der Waals surface area contributed by atoms with E-state index in [1.165, 1.54) is 0 Å². The van der Waals surface area contributed by atoms with Crippen molar-refractivity contribution in [3.05, 3.63) is 59.7 Å². The van der Waals surface area contributed by atoms with Crippen molar-refractivity contribution < 1.29 is 23.7 Å². The number of alkyl carbamates (subject to hydrolysis) is 1. The molecule has 4 aromatic rings. The average molecular weight is 504 g/mol. The molecule has 1 amide bonds. The topological polar surface area (TPSA) is 90.9 Å². The molecule has 1 heterocycles. The van der Waals surface area contributed by atoms with E-state index >= 15 is 0 Å². The van der Waals surface area contributed by atoms with Crippen LogP contribution in [0.4, 0.5) is 16.2 Å². The van der Waals surface area contributed by atoms with Crippen LogP contribution in [0.2, 0.25) is 0 Å². The monoisotopic (exact) mass is 503 g/mol. The van der Waals surface area contributed by atoms with E-state index in [1.54, 1.807) is 21.3 Å². The number of anilines is 2. The van der Waals surface area contributed by atoms with Crippen molar-refractivity contribution in [3.8, 4) is 17.2 Å². The molecule has 0 aliphatic heterocycles. The number of aromatic nitrogens is 1. The third-order valence-corrected chi connectivity index (χ3v) is 6.02. The number of hydrogen-bond donors (Lipinski definition) is 2. The number of carbonyl (C=O) groups excluding carboxylic acids is 1. The van der Waals surface area contributed by atoms with E-state index in [0.29, 0.717) is 24.5 Å². The van der Waals surface area contributed by atoms with Crippen LogP contribution in [0.5, 0.6) is 17.2 Å². The molecule has 8 nitrogen and oxygen atoms in total. The lowest BCUT2D eigenvalue weighted by Crippen LogP contribution is -2.31. The molecular weight excluding hydrogens is 470 g/mol. The second-order valence-corrected chi connectivity index (χ2v) is 9.06. The third-order valence-electron chi connectivity index (χ3n) is 6.02. The fraction of sp³-hybridized carbons (Fsp3) is 0.310. The second-order valence-electron chi connectivity index (χ2n) is 9.06. The quantitative estimate of drug-likeness (QED) is 0.265. The van der Waals surface area contributed by atoms with Gasteiger partial charge in [-0.3, -0.25) is 0 Å². The maximum absolute atomic E-state index is 11.8. The van der Waals surface area contributed by atoms with E-state index in [1.807, 2.05) is 57.2 Å². The number of fused-ring (bicyclic) bond motifs is 2. The van der Waals surface area contributed by atoms with E-state index in [2.05, 4.69) is 22.8 Å². The predicted octanol–water partition coefficient (Wildman–Crippen LogP) is 6.14. The number of nitrogens with zero attached hydrogens (tertiary/aromatic N) is 1. The first-order chi connectivity index (χ1) is 17.8. The van der Waals surface area contributed by atoms with Crippen LogP contribution in [0.15, 0.2) is 48.5 Å². The van der Waals surface area contributed by atoms with Gasteiger partial charge in [0, 0.05) is 41.1 Å². The summed E-state index contributed by atoms with van der Waals surface area (Å²) in [5.74, 6) is 2.00. The fourth-order valence-corrected chi connectivity index (χ4v) is 4.25. The lowest BCUT2D eigenvalue weighted by Gasteiger charge is -2.17. The summed E-state index contributed by atoms with van der Waals surface area (Å²) in [7, 11) is 4.88. The summed E-state index contributed by atoms with van der Waals surface area (Å²) in [5, 5.41) is 8.19. The van der Waals surface area contributed by atoms with Crippen LogP contribution >= 0.6 is 0 Å². The minimum Gasteiger partial charge on any atom is -0.496 e. The molecule has 0 atom stereocenters. The Labute approximate surface area is 216 Å². The number of aryl methyl sites for hydroxylation is 1. The Kier molecular flexibility index (Phi) is 7.86. The number of nitrogens with one attached hydrogen (secondary N) is 2. The summed E-state index contributed by atoms with van der Waals surface area (Å²) in [6, 6.07) is 15.9. The van der Waals surface area contributed by atoms with Crippen LogP contribution in [0, 0.1) is 6.92 Å². The fourth-order valence-electron chi connectivity index (χ4n) is 4.25. The number of rotatable bonds is 9. The zero-order chi connectivity index (χ0) is 26.5. The van der Waals surface area contributed by atoms with Gasteiger partial charge in [0.1, 0.15) is 5.75 Å². The van der Waals surface area contributed by atoms with Gasteiger partial charge in [0.05, 0.1) is 44.7 Å². The van der Waals surface area contributed by atoms with Crippen LogP contribution in [-0.4, -0.2) is 45.1 Å². The Bertz CT molecular complexity index is 1430. The normalized spacial score (nSPS) is 11.0. The van der Waals surface area contributed by atoms with Gasteiger partial charge in [-0.15, -0.1) is 0 Å². The van der Waals surface area contributed by atoms with E-state index in [-0.39, 0.29) is 6.04 Å². The number of carbonyl (C=O) groups is 1. The molecule has 0 unspecified atom stereocenters. The summed E-state index contributed by atoms with van der Waals surface area (Å²) in [5.41, 5.74) is 5.41. The molecule has 1 aromatic heterocycles. The van der Waals surface area contributed by atoms with Gasteiger partial charge in [-0.25, -0.2) is 9.78 Å².